The van der Waals surface area contributed by atoms with E-state index in [1.54, 1.807) is 31.3 Å². The number of thioether (sulfide) groups is 1. The molecule has 1 heterocycles. The van der Waals surface area contributed by atoms with Gasteiger partial charge in [-0.15, -0.1) is 11.8 Å². The van der Waals surface area contributed by atoms with Crippen LogP contribution in [0.4, 0.5) is 0 Å². The summed E-state index contributed by atoms with van der Waals surface area (Å²) in [7, 11) is 1.66. The van der Waals surface area contributed by atoms with E-state index in [0.717, 1.165) is 11.3 Å². The third-order valence-electron chi connectivity index (χ3n) is 2.98. The summed E-state index contributed by atoms with van der Waals surface area (Å²) in [5, 5.41) is 0.288. The van der Waals surface area contributed by atoms with E-state index < -0.39 is 0 Å². The van der Waals surface area contributed by atoms with Crippen LogP contribution in [0.15, 0.2) is 53.7 Å². The maximum atomic E-state index is 6.30. The van der Waals surface area contributed by atoms with Crippen LogP contribution >= 0.6 is 11.8 Å². The van der Waals surface area contributed by atoms with Crippen molar-refractivity contribution in [1.29, 1.82) is 0 Å². The lowest BCUT2D eigenvalue weighted by atomic mass is 10.1. The lowest BCUT2D eigenvalue weighted by molar-refractivity contribution is 0.414. The maximum Gasteiger partial charge on any atom is 0.118 e. The van der Waals surface area contributed by atoms with Gasteiger partial charge in [-0.05, 0) is 29.8 Å². The molecule has 2 rings (SSSR count). The molecule has 1 aromatic heterocycles. The zero-order chi connectivity index (χ0) is 13.7. The number of hydrogen-bond acceptors (Lipinski definition) is 4. The molecule has 1 aromatic carbocycles. The first-order valence-electron chi connectivity index (χ1n) is 6.17. The average Bonchev–Trinajstić information content (AvgIpc) is 2.47. The van der Waals surface area contributed by atoms with Gasteiger partial charge in [0, 0.05) is 28.6 Å². The van der Waals surface area contributed by atoms with E-state index in [1.807, 2.05) is 36.4 Å². The Kier molecular flexibility index (Phi) is 4.82. The number of rotatable bonds is 5. The van der Waals surface area contributed by atoms with Gasteiger partial charge in [-0.2, -0.15) is 0 Å². The van der Waals surface area contributed by atoms with Gasteiger partial charge in [0.1, 0.15) is 5.75 Å². The summed E-state index contributed by atoms with van der Waals surface area (Å²) < 4.78 is 5.15. The van der Waals surface area contributed by atoms with Gasteiger partial charge in [0.25, 0.3) is 0 Å². The summed E-state index contributed by atoms with van der Waals surface area (Å²) in [5.74, 6) is 0.852. The van der Waals surface area contributed by atoms with Crippen molar-refractivity contribution in [3.8, 4) is 5.75 Å². The van der Waals surface area contributed by atoms with Gasteiger partial charge < -0.3 is 10.5 Å². The summed E-state index contributed by atoms with van der Waals surface area (Å²) in [4.78, 5) is 5.20. The normalized spacial score (nSPS) is 13.8. The van der Waals surface area contributed by atoms with E-state index in [1.165, 1.54) is 4.90 Å². The molecule has 0 bridgehead atoms. The topological polar surface area (TPSA) is 48.1 Å². The first-order valence-corrected chi connectivity index (χ1v) is 7.05. The lowest BCUT2D eigenvalue weighted by Gasteiger charge is -2.20. The molecule has 4 heteroatoms. The van der Waals surface area contributed by atoms with Gasteiger partial charge in [0.15, 0.2) is 0 Å². The number of hydrogen-bond donors (Lipinski definition) is 1. The molecule has 3 nitrogen and oxygen atoms in total. The van der Waals surface area contributed by atoms with Crippen molar-refractivity contribution in [3.05, 3.63) is 54.4 Å². The summed E-state index contributed by atoms with van der Waals surface area (Å²) in [5.41, 5.74) is 7.42. The first kappa shape index (κ1) is 13.9. The number of nitrogens with two attached hydrogens (primary N) is 1. The van der Waals surface area contributed by atoms with Crippen LogP contribution in [-0.2, 0) is 0 Å². The van der Waals surface area contributed by atoms with E-state index in [2.05, 4.69) is 11.9 Å². The molecule has 0 saturated carbocycles. The molecule has 0 radical (unpaired) electrons. The molecule has 2 atom stereocenters. The number of benzene rings is 1. The van der Waals surface area contributed by atoms with Crippen LogP contribution in [0.5, 0.6) is 5.75 Å². The first-order chi connectivity index (χ1) is 9.20. The van der Waals surface area contributed by atoms with Gasteiger partial charge >= 0.3 is 0 Å². The standard InChI is InChI=1S/C15H18N2OS/c1-11(19-14-7-9-17-10-8-14)15(16)12-3-5-13(18-2)6-4-12/h3-11,15H,16H2,1-2H3. The fraction of sp³-hybridized carbons (Fsp3) is 0.267. The Morgan fingerprint density at radius 2 is 1.74 bits per heavy atom. The minimum atomic E-state index is -0.0101. The SMILES string of the molecule is COc1ccc(C(N)C(C)Sc2ccncc2)cc1. The third kappa shape index (κ3) is 3.72. The average molecular weight is 274 g/mol. The lowest BCUT2D eigenvalue weighted by Crippen LogP contribution is -2.20. The zero-order valence-electron chi connectivity index (χ0n) is 11.1. The van der Waals surface area contributed by atoms with Gasteiger partial charge in [-0.25, -0.2) is 0 Å². The summed E-state index contributed by atoms with van der Waals surface area (Å²) in [6.45, 7) is 2.14. The number of methoxy groups -OCH3 is 1. The fourth-order valence-corrected chi connectivity index (χ4v) is 2.81. The second-order valence-electron chi connectivity index (χ2n) is 4.30. The molecule has 0 spiro atoms. The van der Waals surface area contributed by atoms with Crippen molar-refractivity contribution >= 4 is 11.8 Å². The predicted molar refractivity (Wildman–Crippen MR) is 79.5 cm³/mol. The Bertz CT molecular complexity index is 501. The van der Waals surface area contributed by atoms with Crippen LogP contribution in [0.1, 0.15) is 18.5 Å². The van der Waals surface area contributed by atoms with E-state index in [9.17, 15) is 0 Å². The van der Waals surface area contributed by atoms with Gasteiger partial charge in [0.05, 0.1) is 7.11 Å². The third-order valence-corrected chi connectivity index (χ3v) is 4.19. The van der Waals surface area contributed by atoms with E-state index >= 15 is 0 Å². The number of nitrogens with zero attached hydrogens (tertiary/aromatic N) is 1. The van der Waals surface area contributed by atoms with Gasteiger partial charge in [-0.1, -0.05) is 19.1 Å². The second kappa shape index (κ2) is 6.59. The van der Waals surface area contributed by atoms with Crippen molar-refractivity contribution < 1.29 is 4.74 Å². The second-order valence-corrected chi connectivity index (χ2v) is 5.76. The Hall–Kier alpha value is -1.52. The highest BCUT2D eigenvalue weighted by Gasteiger charge is 2.16. The maximum absolute atomic E-state index is 6.30. The van der Waals surface area contributed by atoms with Gasteiger partial charge in [-0.3, -0.25) is 4.98 Å². The number of ether oxygens (including phenoxy) is 1. The van der Waals surface area contributed by atoms with Crippen LogP contribution in [0.3, 0.4) is 0 Å². The highest BCUT2D eigenvalue weighted by Crippen LogP contribution is 2.30. The summed E-state index contributed by atoms with van der Waals surface area (Å²) >= 11 is 1.76. The van der Waals surface area contributed by atoms with E-state index in [4.69, 9.17) is 10.5 Å². The zero-order valence-corrected chi connectivity index (χ0v) is 11.9. The van der Waals surface area contributed by atoms with Crippen LogP contribution in [0, 0.1) is 0 Å². The smallest absolute Gasteiger partial charge is 0.118 e. The van der Waals surface area contributed by atoms with Gasteiger partial charge in [0.2, 0.25) is 0 Å². The minimum Gasteiger partial charge on any atom is -0.497 e. The monoisotopic (exact) mass is 274 g/mol. The van der Waals surface area contributed by atoms with Crippen molar-refractivity contribution in [2.24, 2.45) is 5.73 Å². The van der Waals surface area contributed by atoms with Crippen molar-refractivity contribution in [1.82, 2.24) is 4.98 Å². The molecule has 19 heavy (non-hydrogen) atoms. The van der Waals surface area contributed by atoms with Crippen LogP contribution in [0.25, 0.3) is 0 Å². The molecular weight excluding hydrogens is 256 g/mol. The molecule has 0 aliphatic rings. The molecule has 0 saturated heterocycles. The molecule has 100 valence electrons. The highest BCUT2D eigenvalue weighted by atomic mass is 32.2. The number of aromatic nitrogens is 1. The molecule has 2 unspecified atom stereocenters. The Morgan fingerprint density at radius 1 is 1.11 bits per heavy atom. The van der Waals surface area contributed by atoms with Crippen LogP contribution < -0.4 is 10.5 Å². The fourth-order valence-electron chi connectivity index (χ4n) is 1.80. The quantitative estimate of drug-likeness (QED) is 0.850. The Balaban J connectivity index is 2.03. The molecule has 2 aromatic rings. The number of pyridine rings is 1. The highest BCUT2D eigenvalue weighted by molar-refractivity contribution is 8.00. The van der Waals surface area contributed by atoms with E-state index in [-0.39, 0.29) is 11.3 Å². The molecular formula is C15H18N2OS. The summed E-state index contributed by atoms with van der Waals surface area (Å²) in [6, 6.07) is 11.9. The molecule has 0 amide bonds. The molecule has 2 N–H and O–H groups in total. The minimum absolute atomic E-state index is 0.0101. The molecule has 0 aliphatic carbocycles. The predicted octanol–water partition coefficient (Wildman–Crippen LogP) is 3.27. The van der Waals surface area contributed by atoms with Crippen LogP contribution in [0.2, 0.25) is 0 Å². The molecule has 0 fully saturated rings. The largest absolute Gasteiger partial charge is 0.497 e. The summed E-state index contributed by atoms with van der Waals surface area (Å²) in [6.07, 6.45) is 3.60. The Morgan fingerprint density at radius 3 is 2.32 bits per heavy atom. The van der Waals surface area contributed by atoms with Crippen molar-refractivity contribution in [2.45, 2.75) is 23.1 Å². The van der Waals surface area contributed by atoms with Crippen LogP contribution in [-0.4, -0.2) is 17.3 Å². The Labute approximate surface area is 118 Å². The van der Waals surface area contributed by atoms with Crippen molar-refractivity contribution in [3.63, 3.8) is 0 Å². The van der Waals surface area contributed by atoms with E-state index in [0.29, 0.717) is 0 Å². The van der Waals surface area contributed by atoms with Crippen molar-refractivity contribution in [2.75, 3.05) is 7.11 Å². The molecule has 0 aliphatic heterocycles.